The van der Waals surface area contributed by atoms with Crippen LogP contribution < -0.4 is 4.74 Å². The topological polar surface area (TPSA) is 22.1 Å². The smallest absolute Gasteiger partial charge is 0.280 e. The fourth-order valence-corrected chi connectivity index (χ4v) is 1.87. The van der Waals surface area contributed by atoms with Crippen LogP contribution in [0.4, 0.5) is 4.39 Å². The van der Waals surface area contributed by atoms with Gasteiger partial charge in [-0.05, 0) is 30.7 Å². The molecule has 15 heavy (non-hydrogen) atoms. The van der Waals surface area contributed by atoms with Crippen molar-refractivity contribution in [3.63, 3.8) is 0 Å². The molecule has 0 saturated carbocycles. The SMILES string of the molecule is Cc1cc(Oc2nc(Cl)cs2)ccc1F. The van der Waals surface area contributed by atoms with Crippen molar-refractivity contribution < 1.29 is 9.13 Å². The predicted octanol–water partition coefficient (Wildman–Crippen LogP) is 4.04. The molecule has 5 heteroatoms. The molecule has 1 heterocycles. The predicted molar refractivity (Wildman–Crippen MR) is 58.3 cm³/mol. The quantitative estimate of drug-likeness (QED) is 0.794. The zero-order chi connectivity index (χ0) is 10.8. The van der Waals surface area contributed by atoms with Gasteiger partial charge in [0.05, 0.1) is 0 Å². The van der Waals surface area contributed by atoms with Gasteiger partial charge in [-0.2, -0.15) is 4.98 Å². The molecule has 1 aromatic carbocycles. The summed E-state index contributed by atoms with van der Waals surface area (Å²) in [5, 5.41) is 2.52. The Labute approximate surface area is 95.3 Å². The van der Waals surface area contributed by atoms with Crippen LogP contribution in [0.2, 0.25) is 5.15 Å². The summed E-state index contributed by atoms with van der Waals surface area (Å²) in [6, 6.07) is 4.53. The average Bonchev–Trinajstić information content (AvgIpc) is 2.58. The van der Waals surface area contributed by atoms with E-state index in [0.29, 0.717) is 21.7 Å². The van der Waals surface area contributed by atoms with Crippen LogP contribution >= 0.6 is 22.9 Å². The standard InChI is InChI=1S/C10H7ClFNOS/c1-6-4-7(2-3-8(6)12)14-10-13-9(11)5-15-10/h2-5H,1H3. The molecule has 0 fully saturated rings. The summed E-state index contributed by atoms with van der Waals surface area (Å²) in [5.74, 6) is 0.305. The molecule has 0 atom stereocenters. The highest BCUT2D eigenvalue weighted by Crippen LogP contribution is 2.27. The number of aryl methyl sites for hydroxylation is 1. The first-order valence-corrected chi connectivity index (χ1v) is 5.46. The van der Waals surface area contributed by atoms with Gasteiger partial charge in [-0.1, -0.05) is 22.9 Å². The Hall–Kier alpha value is -1.13. The first kappa shape index (κ1) is 10.4. The third kappa shape index (κ3) is 2.46. The van der Waals surface area contributed by atoms with Crippen LogP contribution in [0, 0.1) is 12.7 Å². The normalized spacial score (nSPS) is 10.3. The molecule has 2 aromatic rings. The molecule has 0 aliphatic rings. The largest absolute Gasteiger partial charge is 0.431 e. The number of rotatable bonds is 2. The second-order valence-corrected chi connectivity index (χ2v) is 4.16. The van der Waals surface area contributed by atoms with Crippen molar-refractivity contribution in [3.8, 4) is 10.9 Å². The van der Waals surface area contributed by atoms with Crippen LogP contribution in [0.15, 0.2) is 23.6 Å². The summed E-state index contributed by atoms with van der Waals surface area (Å²) < 4.78 is 18.3. The monoisotopic (exact) mass is 243 g/mol. The highest BCUT2D eigenvalue weighted by molar-refractivity contribution is 7.11. The van der Waals surface area contributed by atoms with Gasteiger partial charge in [-0.15, -0.1) is 0 Å². The van der Waals surface area contributed by atoms with Gasteiger partial charge in [0, 0.05) is 5.38 Å². The number of benzene rings is 1. The van der Waals surface area contributed by atoms with Crippen molar-refractivity contribution >= 4 is 22.9 Å². The molecule has 0 bridgehead atoms. The van der Waals surface area contributed by atoms with Gasteiger partial charge >= 0.3 is 0 Å². The lowest BCUT2D eigenvalue weighted by atomic mass is 10.2. The van der Waals surface area contributed by atoms with Gasteiger partial charge in [0.15, 0.2) is 0 Å². The van der Waals surface area contributed by atoms with Crippen LogP contribution in [-0.4, -0.2) is 4.98 Å². The van der Waals surface area contributed by atoms with Gasteiger partial charge in [0.1, 0.15) is 16.7 Å². The maximum atomic E-state index is 13.0. The number of hydrogen-bond donors (Lipinski definition) is 0. The molecule has 0 radical (unpaired) electrons. The van der Waals surface area contributed by atoms with E-state index in [1.165, 1.54) is 17.4 Å². The zero-order valence-corrected chi connectivity index (χ0v) is 9.40. The number of hydrogen-bond acceptors (Lipinski definition) is 3. The number of ether oxygens (including phenoxy) is 1. The molecular weight excluding hydrogens is 237 g/mol. The number of thiazole rings is 1. The van der Waals surface area contributed by atoms with Crippen LogP contribution in [0.5, 0.6) is 10.9 Å². The lowest BCUT2D eigenvalue weighted by molar-refractivity contribution is 0.476. The third-order valence-electron chi connectivity index (χ3n) is 1.79. The molecule has 0 aliphatic carbocycles. The Morgan fingerprint density at radius 3 is 2.87 bits per heavy atom. The summed E-state index contributed by atoms with van der Waals surface area (Å²) in [5.41, 5.74) is 0.537. The summed E-state index contributed by atoms with van der Waals surface area (Å²) in [6.45, 7) is 1.68. The summed E-state index contributed by atoms with van der Waals surface area (Å²) in [7, 11) is 0. The minimum absolute atomic E-state index is 0.250. The average molecular weight is 244 g/mol. The van der Waals surface area contributed by atoms with Gasteiger partial charge in [0.25, 0.3) is 5.19 Å². The van der Waals surface area contributed by atoms with Crippen molar-refractivity contribution in [2.75, 3.05) is 0 Å². The first-order valence-electron chi connectivity index (χ1n) is 4.20. The number of halogens is 2. The molecule has 2 nitrogen and oxygen atoms in total. The molecule has 0 N–H and O–H groups in total. The summed E-state index contributed by atoms with van der Waals surface area (Å²) in [4.78, 5) is 3.93. The minimum atomic E-state index is -0.250. The van der Waals surface area contributed by atoms with Crippen molar-refractivity contribution in [3.05, 3.63) is 40.1 Å². The zero-order valence-electron chi connectivity index (χ0n) is 7.83. The van der Waals surface area contributed by atoms with E-state index in [1.807, 2.05) is 0 Å². The Morgan fingerprint density at radius 1 is 1.47 bits per heavy atom. The lowest BCUT2D eigenvalue weighted by Crippen LogP contribution is -1.86. The Balaban J connectivity index is 2.21. The highest BCUT2D eigenvalue weighted by atomic mass is 35.5. The molecule has 2 rings (SSSR count). The second kappa shape index (κ2) is 4.16. The minimum Gasteiger partial charge on any atom is -0.431 e. The maximum Gasteiger partial charge on any atom is 0.280 e. The van der Waals surface area contributed by atoms with Crippen LogP contribution in [-0.2, 0) is 0 Å². The van der Waals surface area contributed by atoms with Crippen molar-refractivity contribution in [1.29, 1.82) is 0 Å². The molecular formula is C10H7ClFNOS. The highest BCUT2D eigenvalue weighted by Gasteiger charge is 2.04. The molecule has 0 spiro atoms. The van der Waals surface area contributed by atoms with E-state index in [9.17, 15) is 4.39 Å². The van der Waals surface area contributed by atoms with Gasteiger partial charge in [-0.25, -0.2) is 4.39 Å². The van der Waals surface area contributed by atoms with Gasteiger partial charge in [-0.3, -0.25) is 0 Å². The Kier molecular flexibility index (Phi) is 2.88. The molecule has 0 saturated heterocycles. The third-order valence-corrected chi connectivity index (χ3v) is 2.83. The van der Waals surface area contributed by atoms with E-state index in [2.05, 4.69) is 4.98 Å². The van der Waals surface area contributed by atoms with E-state index in [-0.39, 0.29) is 5.82 Å². The lowest BCUT2D eigenvalue weighted by Gasteiger charge is -2.02. The van der Waals surface area contributed by atoms with Crippen LogP contribution in [0.25, 0.3) is 0 Å². The molecule has 0 aliphatic heterocycles. The summed E-state index contributed by atoms with van der Waals surface area (Å²) in [6.07, 6.45) is 0. The van der Waals surface area contributed by atoms with Crippen molar-refractivity contribution in [2.45, 2.75) is 6.92 Å². The van der Waals surface area contributed by atoms with E-state index >= 15 is 0 Å². The van der Waals surface area contributed by atoms with Crippen LogP contribution in [0.1, 0.15) is 5.56 Å². The molecule has 0 unspecified atom stereocenters. The Bertz CT molecular complexity index is 486. The molecule has 1 aromatic heterocycles. The first-order chi connectivity index (χ1) is 7.15. The Morgan fingerprint density at radius 2 is 2.27 bits per heavy atom. The fraction of sp³-hybridized carbons (Fsp3) is 0.100. The van der Waals surface area contributed by atoms with Crippen LogP contribution in [0.3, 0.4) is 0 Å². The van der Waals surface area contributed by atoms with Gasteiger partial charge < -0.3 is 4.74 Å². The number of aromatic nitrogens is 1. The molecule has 0 amide bonds. The molecule has 78 valence electrons. The van der Waals surface area contributed by atoms with Crippen molar-refractivity contribution in [1.82, 2.24) is 4.98 Å². The van der Waals surface area contributed by atoms with Gasteiger partial charge in [0.2, 0.25) is 0 Å². The summed E-state index contributed by atoms with van der Waals surface area (Å²) >= 11 is 6.94. The van der Waals surface area contributed by atoms with E-state index < -0.39 is 0 Å². The van der Waals surface area contributed by atoms with E-state index in [0.717, 1.165) is 0 Å². The maximum absolute atomic E-state index is 13.0. The number of nitrogens with zero attached hydrogens (tertiary/aromatic N) is 1. The second-order valence-electron chi connectivity index (χ2n) is 2.95. The van der Waals surface area contributed by atoms with E-state index in [1.54, 1.807) is 24.4 Å². The fourth-order valence-electron chi connectivity index (χ4n) is 1.07. The van der Waals surface area contributed by atoms with Crippen molar-refractivity contribution in [2.24, 2.45) is 0 Å². The van der Waals surface area contributed by atoms with E-state index in [4.69, 9.17) is 16.3 Å².